The summed E-state index contributed by atoms with van der Waals surface area (Å²) in [5, 5.41) is 2.66. The molecule has 2 rings (SSSR count). The second kappa shape index (κ2) is 5.61. The van der Waals surface area contributed by atoms with Gasteiger partial charge in [-0.25, -0.2) is 4.39 Å². The fourth-order valence-corrected chi connectivity index (χ4v) is 2.74. The maximum atomic E-state index is 12.9. The number of piperazine rings is 1. The van der Waals surface area contributed by atoms with Crippen molar-refractivity contribution in [1.29, 1.82) is 0 Å². The quantitative estimate of drug-likeness (QED) is 0.913. The summed E-state index contributed by atoms with van der Waals surface area (Å²) in [5.41, 5.74) is 0.0183. The van der Waals surface area contributed by atoms with Gasteiger partial charge in [-0.2, -0.15) is 0 Å². The molecule has 1 aliphatic heterocycles. The van der Waals surface area contributed by atoms with Crippen molar-refractivity contribution < 1.29 is 14.0 Å². The van der Waals surface area contributed by atoms with Crippen molar-refractivity contribution in [3.8, 4) is 0 Å². The van der Waals surface area contributed by atoms with E-state index < -0.39 is 5.54 Å². The fraction of sp³-hybridized carbons (Fsp3) is 0.467. The minimum absolute atomic E-state index is 0.0295. The Hall–Kier alpha value is -1.91. The van der Waals surface area contributed by atoms with E-state index in [4.69, 9.17) is 0 Å². The van der Waals surface area contributed by atoms with Gasteiger partial charge in [0.15, 0.2) is 0 Å². The molecule has 0 unspecified atom stereocenters. The van der Waals surface area contributed by atoms with Crippen LogP contribution in [0.25, 0.3) is 0 Å². The fourth-order valence-electron chi connectivity index (χ4n) is 2.74. The standard InChI is InChI=1S/C15H19FN2O2/c1-3-15(4-2)14(20)17-9-13(19)18(15)10-11-5-7-12(16)8-6-11/h5-8H,3-4,9-10H2,1-2H3,(H,17,20). The highest BCUT2D eigenvalue weighted by molar-refractivity contribution is 5.97. The molecule has 0 atom stereocenters. The number of nitrogens with zero attached hydrogens (tertiary/aromatic N) is 1. The molecule has 1 saturated heterocycles. The summed E-state index contributed by atoms with van der Waals surface area (Å²) in [5.74, 6) is -0.518. The van der Waals surface area contributed by atoms with Gasteiger partial charge in [-0.1, -0.05) is 26.0 Å². The zero-order chi connectivity index (χ0) is 14.8. The normalized spacial score (nSPS) is 18.1. The van der Waals surface area contributed by atoms with E-state index in [0.717, 1.165) is 5.56 Å². The second-order valence-corrected chi connectivity index (χ2v) is 5.03. The lowest BCUT2D eigenvalue weighted by molar-refractivity contribution is -0.155. The van der Waals surface area contributed by atoms with Crippen molar-refractivity contribution >= 4 is 11.8 Å². The van der Waals surface area contributed by atoms with E-state index in [-0.39, 0.29) is 24.2 Å². The molecular weight excluding hydrogens is 259 g/mol. The van der Waals surface area contributed by atoms with Gasteiger partial charge in [-0.15, -0.1) is 0 Å². The highest BCUT2D eigenvalue weighted by atomic mass is 19.1. The molecule has 1 aliphatic rings. The number of benzene rings is 1. The van der Waals surface area contributed by atoms with Crippen LogP contribution in [0, 0.1) is 5.82 Å². The molecule has 4 nitrogen and oxygen atoms in total. The molecule has 20 heavy (non-hydrogen) atoms. The van der Waals surface area contributed by atoms with Gasteiger partial charge in [-0.05, 0) is 30.5 Å². The summed E-state index contributed by atoms with van der Waals surface area (Å²) < 4.78 is 12.9. The predicted molar refractivity (Wildman–Crippen MR) is 73.3 cm³/mol. The third kappa shape index (κ3) is 2.40. The van der Waals surface area contributed by atoms with Crippen LogP contribution in [0.1, 0.15) is 32.3 Å². The third-order valence-electron chi connectivity index (χ3n) is 4.06. The van der Waals surface area contributed by atoms with Crippen LogP contribution in [-0.2, 0) is 16.1 Å². The predicted octanol–water partition coefficient (Wildman–Crippen LogP) is 1.84. The highest BCUT2D eigenvalue weighted by Crippen LogP contribution is 2.29. The van der Waals surface area contributed by atoms with Crippen LogP contribution in [0.4, 0.5) is 4.39 Å². The van der Waals surface area contributed by atoms with Gasteiger partial charge in [0.2, 0.25) is 11.8 Å². The molecule has 0 saturated carbocycles. The Morgan fingerprint density at radius 3 is 2.35 bits per heavy atom. The molecule has 1 aromatic carbocycles. The van der Waals surface area contributed by atoms with Crippen LogP contribution in [0.5, 0.6) is 0 Å². The van der Waals surface area contributed by atoms with E-state index in [1.165, 1.54) is 12.1 Å². The van der Waals surface area contributed by atoms with Crippen molar-refractivity contribution in [2.24, 2.45) is 0 Å². The van der Waals surface area contributed by atoms with Gasteiger partial charge in [-0.3, -0.25) is 9.59 Å². The minimum atomic E-state index is -0.802. The summed E-state index contributed by atoms with van der Waals surface area (Å²) in [6.07, 6.45) is 1.12. The molecule has 2 amide bonds. The number of rotatable bonds is 4. The Balaban J connectivity index is 2.31. The maximum absolute atomic E-state index is 12.9. The third-order valence-corrected chi connectivity index (χ3v) is 4.06. The summed E-state index contributed by atoms with van der Waals surface area (Å²) >= 11 is 0. The first-order valence-electron chi connectivity index (χ1n) is 6.86. The van der Waals surface area contributed by atoms with Crippen molar-refractivity contribution in [3.63, 3.8) is 0 Å². The van der Waals surface area contributed by atoms with Crippen LogP contribution in [0.3, 0.4) is 0 Å². The lowest BCUT2D eigenvalue weighted by Gasteiger charge is -2.45. The van der Waals surface area contributed by atoms with Gasteiger partial charge in [0.1, 0.15) is 11.4 Å². The first-order chi connectivity index (χ1) is 9.53. The molecule has 5 heteroatoms. The largest absolute Gasteiger partial charge is 0.345 e. The number of hydrogen-bond acceptors (Lipinski definition) is 2. The zero-order valence-electron chi connectivity index (χ0n) is 11.8. The second-order valence-electron chi connectivity index (χ2n) is 5.03. The van der Waals surface area contributed by atoms with Gasteiger partial charge < -0.3 is 10.2 Å². The van der Waals surface area contributed by atoms with Crippen molar-refractivity contribution in [1.82, 2.24) is 10.2 Å². The average Bonchev–Trinajstić information content (AvgIpc) is 2.46. The van der Waals surface area contributed by atoms with E-state index in [1.807, 2.05) is 13.8 Å². The molecule has 1 aromatic rings. The lowest BCUT2D eigenvalue weighted by Crippen LogP contribution is -2.66. The molecule has 0 radical (unpaired) electrons. The van der Waals surface area contributed by atoms with Gasteiger partial charge >= 0.3 is 0 Å². The Morgan fingerprint density at radius 2 is 1.80 bits per heavy atom. The molecule has 1 heterocycles. The van der Waals surface area contributed by atoms with Crippen molar-refractivity contribution in [2.75, 3.05) is 6.54 Å². The minimum Gasteiger partial charge on any atom is -0.345 e. The van der Waals surface area contributed by atoms with Gasteiger partial charge in [0.05, 0.1) is 6.54 Å². The topological polar surface area (TPSA) is 49.4 Å². The molecule has 0 aliphatic carbocycles. The van der Waals surface area contributed by atoms with Gasteiger partial charge in [0, 0.05) is 6.54 Å². The average molecular weight is 278 g/mol. The summed E-state index contributed by atoms with van der Waals surface area (Å²) in [6.45, 7) is 4.16. The first-order valence-corrected chi connectivity index (χ1v) is 6.86. The number of amides is 2. The van der Waals surface area contributed by atoms with Gasteiger partial charge in [0.25, 0.3) is 0 Å². The number of carbonyl (C=O) groups is 2. The summed E-state index contributed by atoms with van der Waals surface area (Å²) in [7, 11) is 0. The molecule has 1 N–H and O–H groups in total. The van der Waals surface area contributed by atoms with E-state index in [2.05, 4.69) is 5.32 Å². The highest BCUT2D eigenvalue weighted by Gasteiger charge is 2.46. The molecule has 108 valence electrons. The van der Waals surface area contributed by atoms with E-state index in [0.29, 0.717) is 19.4 Å². The van der Waals surface area contributed by atoms with Crippen LogP contribution in [0.2, 0.25) is 0 Å². The summed E-state index contributed by atoms with van der Waals surface area (Å²) in [4.78, 5) is 26.0. The van der Waals surface area contributed by atoms with E-state index in [9.17, 15) is 14.0 Å². The van der Waals surface area contributed by atoms with Crippen LogP contribution < -0.4 is 5.32 Å². The van der Waals surface area contributed by atoms with E-state index >= 15 is 0 Å². The molecule has 0 aromatic heterocycles. The zero-order valence-corrected chi connectivity index (χ0v) is 11.8. The van der Waals surface area contributed by atoms with E-state index in [1.54, 1.807) is 17.0 Å². The number of halogens is 1. The van der Waals surface area contributed by atoms with Crippen LogP contribution >= 0.6 is 0 Å². The lowest BCUT2D eigenvalue weighted by atomic mass is 9.87. The van der Waals surface area contributed by atoms with Crippen molar-refractivity contribution in [2.45, 2.75) is 38.8 Å². The monoisotopic (exact) mass is 278 g/mol. The molecule has 1 fully saturated rings. The molecular formula is C15H19FN2O2. The maximum Gasteiger partial charge on any atom is 0.246 e. The number of nitrogens with one attached hydrogen (secondary N) is 1. The Morgan fingerprint density at radius 1 is 1.20 bits per heavy atom. The number of carbonyl (C=O) groups excluding carboxylic acids is 2. The number of hydrogen-bond donors (Lipinski definition) is 1. The molecule has 0 bridgehead atoms. The Kier molecular flexibility index (Phi) is 4.06. The molecule has 0 spiro atoms. The Labute approximate surface area is 118 Å². The SMILES string of the molecule is CCC1(CC)C(=O)NCC(=O)N1Cc1ccc(F)cc1. The van der Waals surface area contributed by atoms with Crippen LogP contribution in [-0.4, -0.2) is 28.8 Å². The van der Waals surface area contributed by atoms with Crippen molar-refractivity contribution in [3.05, 3.63) is 35.6 Å². The Bertz CT molecular complexity index is 509. The smallest absolute Gasteiger partial charge is 0.246 e. The summed E-state index contributed by atoms with van der Waals surface area (Å²) in [6, 6.07) is 6.02. The van der Waals surface area contributed by atoms with Crippen LogP contribution in [0.15, 0.2) is 24.3 Å². The first kappa shape index (κ1) is 14.5.